The van der Waals surface area contributed by atoms with Crippen molar-refractivity contribution in [2.45, 2.75) is 6.92 Å². The summed E-state index contributed by atoms with van der Waals surface area (Å²) >= 11 is 5.37. The molecule has 0 heterocycles. The molecule has 0 aliphatic carbocycles. The Hall–Kier alpha value is -0.990. The molecule has 0 aromatic heterocycles. The van der Waals surface area contributed by atoms with E-state index in [9.17, 15) is 16.8 Å². The smallest absolute Gasteiger partial charge is 0.233 e. The van der Waals surface area contributed by atoms with Crippen molar-refractivity contribution < 1.29 is 16.8 Å². The maximum atomic E-state index is 11.5. The Kier molecular flexibility index (Phi) is 5.45. The number of halogens is 1. The summed E-state index contributed by atoms with van der Waals surface area (Å²) in [7, 11) is -6.79. The van der Waals surface area contributed by atoms with Crippen molar-refractivity contribution >= 4 is 43.0 Å². The number of benzene rings is 1. The van der Waals surface area contributed by atoms with E-state index in [1.807, 2.05) is 0 Å². The van der Waals surface area contributed by atoms with E-state index in [0.717, 1.165) is 0 Å². The largest absolute Gasteiger partial charge is 0.284 e. The minimum absolute atomic E-state index is 0.00369. The SMILES string of the molecule is CCS(=O)(=O)Nc1ccc(NS(=O)(=O)CCCl)cc1. The molecule has 19 heavy (non-hydrogen) atoms. The third-order valence-corrected chi connectivity index (χ3v) is 5.17. The van der Waals surface area contributed by atoms with Gasteiger partial charge in [0, 0.05) is 17.3 Å². The zero-order valence-electron chi connectivity index (χ0n) is 10.3. The van der Waals surface area contributed by atoms with Crippen molar-refractivity contribution in [1.29, 1.82) is 0 Å². The van der Waals surface area contributed by atoms with E-state index in [1.165, 1.54) is 31.2 Å². The van der Waals surface area contributed by atoms with E-state index in [0.29, 0.717) is 11.4 Å². The number of alkyl halides is 1. The average Bonchev–Trinajstić information content (AvgIpc) is 2.31. The van der Waals surface area contributed by atoms with Crippen LogP contribution in [0.2, 0.25) is 0 Å². The predicted molar refractivity (Wildman–Crippen MR) is 77.7 cm³/mol. The zero-order valence-corrected chi connectivity index (χ0v) is 12.6. The molecule has 0 aliphatic heterocycles. The first kappa shape index (κ1) is 16.1. The van der Waals surface area contributed by atoms with E-state index < -0.39 is 20.0 Å². The van der Waals surface area contributed by atoms with Crippen LogP contribution in [0, 0.1) is 0 Å². The number of hydrogen-bond acceptors (Lipinski definition) is 4. The van der Waals surface area contributed by atoms with Gasteiger partial charge in [0.05, 0.1) is 11.5 Å². The first-order valence-corrected chi connectivity index (χ1v) is 9.29. The Morgan fingerprint density at radius 2 is 1.37 bits per heavy atom. The molecule has 0 saturated heterocycles. The van der Waals surface area contributed by atoms with E-state index >= 15 is 0 Å². The van der Waals surface area contributed by atoms with Crippen molar-refractivity contribution in [2.24, 2.45) is 0 Å². The Morgan fingerprint density at radius 3 is 1.74 bits per heavy atom. The summed E-state index contributed by atoms with van der Waals surface area (Å²) in [5.74, 6) is -0.209. The van der Waals surface area contributed by atoms with E-state index in [-0.39, 0.29) is 17.4 Å². The molecule has 2 N–H and O–H groups in total. The zero-order chi connectivity index (χ0) is 14.5. The highest BCUT2D eigenvalue weighted by Gasteiger charge is 2.10. The molecule has 9 heteroatoms. The van der Waals surface area contributed by atoms with Gasteiger partial charge in [0.1, 0.15) is 0 Å². The van der Waals surface area contributed by atoms with Crippen molar-refractivity contribution in [3.8, 4) is 0 Å². The maximum Gasteiger partial charge on any atom is 0.233 e. The molecule has 0 aliphatic rings. The minimum atomic E-state index is -3.46. The van der Waals surface area contributed by atoms with Crippen LogP contribution in [0.3, 0.4) is 0 Å². The fourth-order valence-corrected chi connectivity index (χ4v) is 3.24. The standard InChI is InChI=1S/C10H15ClN2O4S2/c1-2-18(14,15)12-9-3-5-10(6-4-9)13-19(16,17)8-7-11/h3-6,12-13H,2,7-8H2,1H3. The molecule has 0 fully saturated rings. The number of anilines is 2. The average molecular weight is 327 g/mol. The van der Waals surface area contributed by atoms with Crippen LogP contribution in [-0.2, 0) is 20.0 Å². The van der Waals surface area contributed by atoms with Crippen LogP contribution in [0.4, 0.5) is 11.4 Å². The van der Waals surface area contributed by atoms with E-state index in [1.54, 1.807) is 0 Å². The molecule has 0 saturated carbocycles. The second-order valence-corrected chi connectivity index (χ2v) is 7.92. The van der Waals surface area contributed by atoms with Gasteiger partial charge in [0.2, 0.25) is 20.0 Å². The summed E-state index contributed by atoms with van der Waals surface area (Å²) in [6.45, 7) is 1.52. The Bertz CT molecular complexity index is 611. The monoisotopic (exact) mass is 326 g/mol. The van der Waals surface area contributed by atoms with Gasteiger partial charge >= 0.3 is 0 Å². The third kappa shape index (κ3) is 5.66. The highest BCUT2D eigenvalue weighted by Crippen LogP contribution is 2.16. The fourth-order valence-electron chi connectivity index (χ4n) is 1.19. The molecule has 1 aromatic carbocycles. The second-order valence-electron chi connectivity index (χ2n) is 3.69. The first-order valence-electron chi connectivity index (χ1n) is 5.45. The van der Waals surface area contributed by atoms with Gasteiger partial charge in [-0.05, 0) is 31.2 Å². The number of sulfonamides is 2. The van der Waals surface area contributed by atoms with Crippen LogP contribution >= 0.6 is 11.6 Å². The minimum Gasteiger partial charge on any atom is -0.284 e. The Balaban J connectivity index is 2.78. The lowest BCUT2D eigenvalue weighted by Crippen LogP contribution is -2.17. The molecule has 0 radical (unpaired) electrons. The van der Waals surface area contributed by atoms with E-state index in [4.69, 9.17) is 11.6 Å². The highest BCUT2D eigenvalue weighted by molar-refractivity contribution is 7.93. The van der Waals surface area contributed by atoms with Crippen molar-refractivity contribution in [1.82, 2.24) is 0 Å². The van der Waals surface area contributed by atoms with Crippen LogP contribution in [-0.4, -0.2) is 34.2 Å². The topological polar surface area (TPSA) is 92.3 Å². The lowest BCUT2D eigenvalue weighted by molar-refractivity contribution is 0.600. The molecule has 0 atom stereocenters. The van der Waals surface area contributed by atoms with Gasteiger partial charge in [0.15, 0.2) is 0 Å². The molecule has 1 rings (SSSR count). The third-order valence-electron chi connectivity index (χ3n) is 2.16. The van der Waals surface area contributed by atoms with Crippen LogP contribution in [0.1, 0.15) is 6.92 Å². The van der Waals surface area contributed by atoms with Gasteiger partial charge in [-0.15, -0.1) is 11.6 Å². The Labute approximate surface area is 118 Å². The summed E-state index contributed by atoms with van der Waals surface area (Å²) in [6, 6.07) is 5.90. The fraction of sp³-hybridized carbons (Fsp3) is 0.400. The predicted octanol–water partition coefficient (Wildman–Crippen LogP) is 1.43. The van der Waals surface area contributed by atoms with Gasteiger partial charge in [-0.25, -0.2) is 16.8 Å². The molecular formula is C10H15ClN2O4S2. The summed E-state index contributed by atoms with van der Waals surface area (Å²) < 4.78 is 50.3. The summed E-state index contributed by atoms with van der Waals surface area (Å²) in [6.07, 6.45) is 0. The van der Waals surface area contributed by atoms with Gasteiger partial charge in [-0.1, -0.05) is 0 Å². The molecule has 0 unspecified atom stereocenters. The van der Waals surface area contributed by atoms with E-state index in [2.05, 4.69) is 9.44 Å². The van der Waals surface area contributed by atoms with Crippen LogP contribution in [0.15, 0.2) is 24.3 Å². The van der Waals surface area contributed by atoms with Gasteiger partial charge in [0.25, 0.3) is 0 Å². The Morgan fingerprint density at radius 1 is 0.947 bits per heavy atom. The van der Waals surface area contributed by atoms with Crippen LogP contribution < -0.4 is 9.44 Å². The van der Waals surface area contributed by atoms with Crippen LogP contribution in [0.25, 0.3) is 0 Å². The number of nitrogens with one attached hydrogen (secondary N) is 2. The quantitative estimate of drug-likeness (QED) is 0.741. The molecule has 0 spiro atoms. The summed E-state index contributed by atoms with van der Waals surface area (Å²) in [5, 5.41) is 0. The second kappa shape index (κ2) is 6.44. The van der Waals surface area contributed by atoms with Crippen molar-refractivity contribution in [3.05, 3.63) is 24.3 Å². The number of hydrogen-bond donors (Lipinski definition) is 2. The van der Waals surface area contributed by atoms with Gasteiger partial charge < -0.3 is 0 Å². The first-order chi connectivity index (χ1) is 8.78. The molecule has 1 aromatic rings. The molecule has 6 nitrogen and oxygen atoms in total. The van der Waals surface area contributed by atoms with Crippen LogP contribution in [0.5, 0.6) is 0 Å². The molecule has 0 bridgehead atoms. The van der Waals surface area contributed by atoms with Gasteiger partial charge in [-0.2, -0.15) is 0 Å². The summed E-state index contributed by atoms with van der Waals surface area (Å²) in [5.41, 5.74) is 0.728. The maximum absolute atomic E-state index is 11.5. The highest BCUT2D eigenvalue weighted by atomic mass is 35.5. The lowest BCUT2D eigenvalue weighted by atomic mass is 10.3. The van der Waals surface area contributed by atoms with Crippen molar-refractivity contribution in [3.63, 3.8) is 0 Å². The number of rotatable bonds is 7. The lowest BCUT2D eigenvalue weighted by Gasteiger charge is -2.09. The van der Waals surface area contributed by atoms with Gasteiger partial charge in [-0.3, -0.25) is 9.44 Å². The van der Waals surface area contributed by atoms with Crippen molar-refractivity contribution in [2.75, 3.05) is 26.8 Å². The molecule has 108 valence electrons. The molecular weight excluding hydrogens is 312 g/mol. The molecule has 0 amide bonds. The summed E-state index contributed by atoms with van der Waals surface area (Å²) in [4.78, 5) is 0. The normalized spacial score (nSPS) is 12.1.